The normalized spacial score (nSPS) is 13.3. The first-order valence-electron chi connectivity index (χ1n) is 7.38. The van der Waals surface area contributed by atoms with Crippen molar-refractivity contribution in [1.29, 1.82) is 0 Å². The summed E-state index contributed by atoms with van der Waals surface area (Å²) in [5, 5.41) is 14.2. The molecule has 0 aliphatic heterocycles. The Kier molecular flexibility index (Phi) is 4.42. The van der Waals surface area contributed by atoms with Crippen molar-refractivity contribution in [3.63, 3.8) is 0 Å². The van der Waals surface area contributed by atoms with Crippen molar-refractivity contribution in [2.24, 2.45) is 0 Å². The average Bonchev–Trinajstić information content (AvgIpc) is 3.11. The minimum Gasteiger partial charge on any atom is -0.347 e. The number of carbonyl (C=O) groups excluding carboxylic acids is 1. The number of benzene rings is 2. The smallest absolute Gasteiger partial charge is 0.250 e. The first kappa shape index (κ1) is 14.9. The molecule has 3 rings (SSSR count). The van der Waals surface area contributed by atoms with Gasteiger partial charge in [-0.3, -0.25) is 4.79 Å². The Morgan fingerprint density at radius 2 is 1.61 bits per heavy atom. The third-order valence-electron chi connectivity index (χ3n) is 3.65. The molecule has 1 amide bonds. The highest BCUT2D eigenvalue weighted by molar-refractivity contribution is 5.83. The van der Waals surface area contributed by atoms with Crippen LogP contribution in [0.4, 0.5) is 0 Å². The Morgan fingerprint density at radius 3 is 2.17 bits per heavy atom. The molecule has 6 heteroatoms. The van der Waals surface area contributed by atoms with Crippen LogP contribution in [0, 0.1) is 0 Å². The molecular formula is C17H17N5O. The molecule has 0 radical (unpaired) electrons. The van der Waals surface area contributed by atoms with E-state index in [1.54, 1.807) is 0 Å². The molecule has 0 spiro atoms. The molecule has 2 aromatic carbocycles. The zero-order valence-corrected chi connectivity index (χ0v) is 12.7. The van der Waals surface area contributed by atoms with Gasteiger partial charge in [-0.25, -0.2) is 4.68 Å². The Morgan fingerprint density at radius 1 is 1.00 bits per heavy atom. The third kappa shape index (κ3) is 3.42. The van der Waals surface area contributed by atoms with Gasteiger partial charge in [0, 0.05) is 0 Å². The molecule has 0 saturated carbocycles. The molecule has 23 heavy (non-hydrogen) atoms. The van der Waals surface area contributed by atoms with Gasteiger partial charge in [0.05, 0.1) is 6.04 Å². The second-order valence-corrected chi connectivity index (χ2v) is 5.24. The van der Waals surface area contributed by atoms with Crippen molar-refractivity contribution in [3.05, 3.63) is 78.1 Å². The van der Waals surface area contributed by atoms with E-state index in [0.717, 1.165) is 11.1 Å². The quantitative estimate of drug-likeness (QED) is 0.784. The van der Waals surface area contributed by atoms with Gasteiger partial charge in [-0.2, -0.15) is 0 Å². The highest BCUT2D eigenvalue weighted by Crippen LogP contribution is 2.19. The summed E-state index contributed by atoms with van der Waals surface area (Å²) in [6, 6.07) is 18.6. The molecule has 116 valence electrons. The van der Waals surface area contributed by atoms with Gasteiger partial charge >= 0.3 is 0 Å². The Labute approximate surface area is 134 Å². The molecule has 0 fully saturated rings. The molecule has 1 aromatic heterocycles. The molecule has 0 saturated heterocycles. The lowest BCUT2D eigenvalue weighted by Crippen LogP contribution is -2.35. The maximum Gasteiger partial charge on any atom is 0.250 e. The van der Waals surface area contributed by atoms with Crippen molar-refractivity contribution in [2.45, 2.75) is 19.0 Å². The standard InChI is InChI=1S/C17H17N5O/c1-13(14-8-4-2-5-9-14)19-17(23)16(22-12-18-20-21-22)15-10-6-3-7-11-15/h2-13,16H,1H3,(H,19,23). The van der Waals surface area contributed by atoms with Crippen LogP contribution in [0.3, 0.4) is 0 Å². The minimum atomic E-state index is -0.600. The van der Waals surface area contributed by atoms with Gasteiger partial charge < -0.3 is 5.32 Å². The van der Waals surface area contributed by atoms with Gasteiger partial charge in [-0.15, -0.1) is 5.10 Å². The van der Waals surface area contributed by atoms with E-state index in [2.05, 4.69) is 20.8 Å². The molecule has 3 aromatic rings. The lowest BCUT2D eigenvalue weighted by molar-refractivity contribution is -0.124. The lowest BCUT2D eigenvalue weighted by atomic mass is 10.0. The van der Waals surface area contributed by atoms with Crippen LogP contribution in [0.5, 0.6) is 0 Å². The highest BCUT2D eigenvalue weighted by atomic mass is 16.2. The van der Waals surface area contributed by atoms with Gasteiger partial charge in [0.25, 0.3) is 0 Å². The van der Waals surface area contributed by atoms with Gasteiger partial charge in [0.1, 0.15) is 6.33 Å². The van der Waals surface area contributed by atoms with E-state index >= 15 is 0 Å². The number of hydrogen-bond donors (Lipinski definition) is 1. The molecule has 0 aliphatic rings. The van der Waals surface area contributed by atoms with Crippen LogP contribution in [0.25, 0.3) is 0 Å². The van der Waals surface area contributed by atoms with E-state index in [-0.39, 0.29) is 11.9 Å². The van der Waals surface area contributed by atoms with E-state index in [9.17, 15) is 4.79 Å². The Balaban J connectivity index is 1.84. The molecule has 1 N–H and O–H groups in total. The fraction of sp³-hybridized carbons (Fsp3) is 0.176. The summed E-state index contributed by atoms with van der Waals surface area (Å²) in [6.07, 6.45) is 1.45. The van der Waals surface area contributed by atoms with E-state index in [1.807, 2.05) is 67.6 Å². The van der Waals surface area contributed by atoms with Crippen LogP contribution >= 0.6 is 0 Å². The van der Waals surface area contributed by atoms with Crippen molar-refractivity contribution in [1.82, 2.24) is 25.5 Å². The molecule has 6 nitrogen and oxygen atoms in total. The highest BCUT2D eigenvalue weighted by Gasteiger charge is 2.25. The van der Waals surface area contributed by atoms with Crippen LogP contribution in [-0.2, 0) is 4.79 Å². The van der Waals surface area contributed by atoms with Crippen molar-refractivity contribution in [3.8, 4) is 0 Å². The lowest BCUT2D eigenvalue weighted by Gasteiger charge is -2.20. The zero-order valence-electron chi connectivity index (χ0n) is 12.7. The Hall–Kier alpha value is -3.02. The summed E-state index contributed by atoms with van der Waals surface area (Å²) in [5.41, 5.74) is 1.88. The molecule has 2 unspecified atom stereocenters. The van der Waals surface area contributed by atoms with Crippen molar-refractivity contribution in [2.75, 3.05) is 0 Å². The number of hydrogen-bond acceptors (Lipinski definition) is 4. The minimum absolute atomic E-state index is 0.105. The van der Waals surface area contributed by atoms with Gasteiger partial charge in [-0.05, 0) is 28.5 Å². The van der Waals surface area contributed by atoms with Crippen LogP contribution in [0.2, 0.25) is 0 Å². The predicted octanol–water partition coefficient (Wildman–Crippen LogP) is 2.14. The van der Waals surface area contributed by atoms with E-state index in [1.165, 1.54) is 11.0 Å². The first-order chi connectivity index (χ1) is 11.3. The molecule has 0 aliphatic carbocycles. The van der Waals surface area contributed by atoms with Crippen LogP contribution in [-0.4, -0.2) is 26.1 Å². The fourth-order valence-electron chi connectivity index (χ4n) is 2.46. The molecular weight excluding hydrogens is 290 g/mol. The van der Waals surface area contributed by atoms with Gasteiger partial charge in [0.15, 0.2) is 6.04 Å². The van der Waals surface area contributed by atoms with E-state index in [4.69, 9.17) is 0 Å². The summed E-state index contributed by atoms with van der Waals surface area (Å²) in [6.45, 7) is 1.95. The van der Waals surface area contributed by atoms with Crippen LogP contribution in [0.15, 0.2) is 67.0 Å². The number of nitrogens with one attached hydrogen (secondary N) is 1. The zero-order chi connectivity index (χ0) is 16.1. The number of tetrazole rings is 1. The largest absolute Gasteiger partial charge is 0.347 e. The second kappa shape index (κ2) is 6.83. The predicted molar refractivity (Wildman–Crippen MR) is 85.4 cm³/mol. The number of rotatable bonds is 5. The topological polar surface area (TPSA) is 72.7 Å². The maximum absolute atomic E-state index is 12.8. The SMILES string of the molecule is CC(NC(=O)C(c1ccccc1)n1cnnn1)c1ccccc1. The summed E-state index contributed by atoms with van der Waals surface area (Å²) >= 11 is 0. The first-order valence-corrected chi connectivity index (χ1v) is 7.38. The van der Waals surface area contributed by atoms with E-state index < -0.39 is 6.04 Å². The summed E-state index contributed by atoms with van der Waals surface area (Å²) in [7, 11) is 0. The van der Waals surface area contributed by atoms with Gasteiger partial charge in [-0.1, -0.05) is 60.7 Å². The second-order valence-electron chi connectivity index (χ2n) is 5.24. The average molecular weight is 307 g/mol. The Bertz CT molecular complexity index is 743. The van der Waals surface area contributed by atoms with Crippen LogP contribution in [0.1, 0.15) is 30.1 Å². The summed E-state index contributed by atoms with van der Waals surface area (Å²) in [5.74, 6) is -0.153. The number of nitrogens with zero attached hydrogens (tertiary/aromatic N) is 4. The molecule has 0 bridgehead atoms. The molecule has 1 heterocycles. The van der Waals surface area contributed by atoms with Crippen LogP contribution < -0.4 is 5.32 Å². The third-order valence-corrected chi connectivity index (χ3v) is 3.65. The number of aromatic nitrogens is 4. The summed E-state index contributed by atoms with van der Waals surface area (Å²) < 4.78 is 1.46. The monoisotopic (exact) mass is 307 g/mol. The fourth-order valence-corrected chi connectivity index (χ4v) is 2.46. The van der Waals surface area contributed by atoms with Crippen molar-refractivity contribution >= 4 is 5.91 Å². The van der Waals surface area contributed by atoms with Gasteiger partial charge in [0.2, 0.25) is 5.91 Å². The van der Waals surface area contributed by atoms with E-state index in [0.29, 0.717) is 0 Å². The summed E-state index contributed by atoms with van der Waals surface area (Å²) in [4.78, 5) is 12.8. The van der Waals surface area contributed by atoms with Crippen molar-refractivity contribution < 1.29 is 4.79 Å². The maximum atomic E-state index is 12.8. The number of carbonyl (C=O) groups is 1. The number of amides is 1. The molecule has 2 atom stereocenters.